The molecule has 0 unspecified atom stereocenters. The normalized spacial score (nSPS) is 11.0. The lowest BCUT2D eigenvalue weighted by atomic mass is 10.2. The second-order valence-corrected chi connectivity index (χ2v) is 4.39. The lowest BCUT2D eigenvalue weighted by molar-refractivity contribution is 0.401. The summed E-state index contributed by atoms with van der Waals surface area (Å²) in [4.78, 5) is 11.9. The predicted molar refractivity (Wildman–Crippen MR) is 72.3 cm³/mol. The smallest absolute Gasteiger partial charge is 0.245 e. The van der Waals surface area contributed by atoms with Crippen LogP contribution in [0.3, 0.4) is 0 Å². The second-order valence-electron chi connectivity index (χ2n) is 4.39. The highest BCUT2D eigenvalue weighted by Crippen LogP contribution is 2.29. The average Bonchev–Trinajstić information content (AvgIpc) is 2.80. The topological polar surface area (TPSA) is 78.8 Å². The van der Waals surface area contributed by atoms with Crippen molar-refractivity contribution >= 4 is 17.1 Å². The van der Waals surface area contributed by atoms with Crippen LogP contribution in [-0.4, -0.2) is 26.6 Å². The number of hydrogen-bond acceptors (Lipinski definition) is 5. The zero-order chi connectivity index (χ0) is 15.1. The number of aryl methyl sites for hydroxylation is 1. The van der Waals surface area contributed by atoms with E-state index in [0.717, 1.165) is 10.6 Å². The van der Waals surface area contributed by atoms with Crippen LogP contribution in [0, 0.1) is 18.6 Å². The maximum atomic E-state index is 14.3. The van der Waals surface area contributed by atoms with Crippen LogP contribution >= 0.6 is 0 Å². The van der Waals surface area contributed by atoms with Gasteiger partial charge >= 0.3 is 0 Å². The summed E-state index contributed by atoms with van der Waals surface area (Å²) in [7, 11) is 1.41. The molecule has 108 valence electrons. The van der Waals surface area contributed by atoms with Gasteiger partial charge in [0.2, 0.25) is 11.8 Å². The van der Waals surface area contributed by atoms with Gasteiger partial charge < -0.3 is 10.5 Å². The number of anilines is 1. The molecule has 0 aliphatic carbocycles. The van der Waals surface area contributed by atoms with Crippen molar-refractivity contribution in [1.82, 2.24) is 19.5 Å². The van der Waals surface area contributed by atoms with Crippen LogP contribution in [0.4, 0.5) is 14.7 Å². The first-order valence-electron chi connectivity index (χ1n) is 6.02. The second kappa shape index (κ2) is 4.65. The number of rotatable bonds is 2. The number of nitrogens with zero attached hydrogens (tertiary/aromatic N) is 4. The number of nitrogen functional groups attached to an aromatic ring is 1. The molecule has 0 aliphatic heterocycles. The van der Waals surface area contributed by atoms with E-state index in [1.807, 2.05) is 0 Å². The molecule has 8 heteroatoms. The van der Waals surface area contributed by atoms with Crippen molar-refractivity contribution in [2.45, 2.75) is 6.92 Å². The SMILES string of the molecule is COc1ncnc2c1nc(N)n2-c1c(F)ccc(C)c1F. The molecule has 0 bridgehead atoms. The summed E-state index contributed by atoms with van der Waals surface area (Å²) in [5.41, 5.74) is 6.16. The average molecular weight is 291 g/mol. The highest BCUT2D eigenvalue weighted by molar-refractivity contribution is 5.81. The Labute approximate surface area is 118 Å². The summed E-state index contributed by atoms with van der Waals surface area (Å²) >= 11 is 0. The zero-order valence-electron chi connectivity index (χ0n) is 11.3. The van der Waals surface area contributed by atoms with E-state index in [9.17, 15) is 8.78 Å². The maximum absolute atomic E-state index is 14.3. The summed E-state index contributed by atoms with van der Waals surface area (Å²) in [6.45, 7) is 1.53. The van der Waals surface area contributed by atoms with E-state index in [-0.39, 0.29) is 34.2 Å². The molecule has 1 aromatic carbocycles. The number of methoxy groups -OCH3 is 1. The van der Waals surface area contributed by atoms with Crippen LogP contribution < -0.4 is 10.5 Å². The Bertz CT molecular complexity index is 846. The van der Waals surface area contributed by atoms with Gasteiger partial charge in [-0.1, -0.05) is 6.07 Å². The van der Waals surface area contributed by atoms with Gasteiger partial charge in [-0.3, -0.25) is 4.57 Å². The third kappa shape index (κ3) is 1.87. The minimum atomic E-state index is -0.762. The Hall–Kier alpha value is -2.77. The molecule has 0 radical (unpaired) electrons. The number of fused-ring (bicyclic) bond motifs is 1. The summed E-state index contributed by atoms with van der Waals surface area (Å²) in [5.74, 6) is -1.41. The minimum Gasteiger partial charge on any atom is -0.479 e. The third-order valence-electron chi connectivity index (χ3n) is 3.11. The molecule has 0 saturated heterocycles. The molecular formula is C13H11F2N5O. The lowest BCUT2D eigenvalue weighted by Crippen LogP contribution is -2.07. The van der Waals surface area contributed by atoms with Crippen LogP contribution in [0.2, 0.25) is 0 Å². The first-order valence-corrected chi connectivity index (χ1v) is 6.02. The van der Waals surface area contributed by atoms with Gasteiger partial charge in [-0.25, -0.2) is 18.7 Å². The summed E-state index contributed by atoms with van der Waals surface area (Å²) in [5, 5.41) is 0. The van der Waals surface area contributed by atoms with Crippen LogP contribution in [0.15, 0.2) is 18.5 Å². The van der Waals surface area contributed by atoms with E-state index in [1.54, 1.807) is 0 Å². The molecule has 6 nitrogen and oxygen atoms in total. The zero-order valence-corrected chi connectivity index (χ0v) is 11.3. The largest absolute Gasteiger partial charge is 0.479 e. The number of ether oxygens (including phenoxy) is 1. The molecule has 0 fully saturated rings. The van der Waals surface area contributed by atoms with Crippen molar-refractivity contribution in [2.75, 3.05) is 12.8 Å². The van der Waals surface area contributed by atoms with Crippen LogP contribution in [0.5, 0.6) is 5.88 Å². The van der Waals surface area contributed by atoms with Gasteiger partial charge in [0.15, 0.2) is 17.0 Å². The fourth-order valence-electron chi connectivity index (χ4n) is 2.11. The number of benzene rings is 1. The highest BCUT2D eigenvalue weighted by atomic mass is 19.1. The number of halogens is 2. The van der Waals surface area contributed by atoms with E-state index in [2.05, 4.69) is 15.0 Å². The van der Waals surface area contributed by atoms with Gasteiger partial charge in [0, 0.05) is 0 Å². The fraction of sp³-hybridized carbons (Fsp3) is 0.154. The molecule has 0 aliphatic rings. The molecule has 2 N–H and O–H groups in total. The lowest BCUT2D eigenvalue weighted by Gasteiger charge is -2.10. The van der Waals surface area contributed by atoms with E-state index >= 15 is 0 Å². The molecule has 0 amide bonds. The number of aromatic nitrogens is 4. The van der Waals surface area contributed by atoms with Gasteiger partial charge in [0.25, 0.3) is 0 Å². The van der Waals surface area contributed by atoms with Crippen molar-refractivity contribution in [3.05, 3.63) is 35.7 Å². The number of hydrogen-bond donors (Lipinski definition) is 1. The predicted octanol–water partition coefficient (Wildman–Crippen LogP) is 1.99. The molecule has 3 aromatic rings. The minimum absolute atomic E-state index is 0.104. The molecule has 0 atom stereocenters. The Morgan fingerprint density at radius 1 is 1.24 bits per heavy atom. The Morgan fingerprint density at radius 2 is 2.00 bits per heavy atom. The Kier molecular flexibility index (Phi) is 2.93. The first kappa shape index (κ1) is 13.2. The van der Waals surface area contributed by atoms with E-state index < -0.39 is 11.6 Å². The first-order chi connectivity index (χ1) is 10.0. The van der Waals surface area contributed by atoms with E-state index in [4.69, 9.17) is 10.5 Å². The molecule has 21 heavy (non-hydrogen) atoms. The molecule has 2 heterocycles. The van der Waals surface area contributed by atoms with Gasteiger partial charge in [-0.05, 0) is 18.6 Å². The summed E-state index contributed by atoms with van der Waals surface area (Å²) in [6.07, 6.45) is 1.21. The van der Waals surface area contributed by atoms with Gasteiger partial charge in [0.1, 0.15) is 17.8 Å². The summed E-state index contributed by atoms with van der Waals surface area (Å²) < 4.78 is 34.5. The number of imidazole rings is 1. The number of nitrogens with two attached hydrogens (primary N) is 1. The standard InChI is InChI=1S/C13H11F2N5O/c1-6-3-4-7(14)10(8(6)15)20-11-9(19-13(20)16)12(21-2)18-5-17-11/h3-5H,1-2H3,(H2,16,19). The van der Waals surface area contributed by atoms with Crippen molar-refractivity contribution in [2.24, 2.45) is 0 Å². The van der Waals surface area contributed by atoms with Gasteiger partial charge in [0.05, 0.1) is 7.11 Å². The van der Waals surface area contributed by atoms with Gasteiger partial charge in [-0.15, -0.1) is 0 Å². The van der Waals surface area contributed by atoms with Crippen molar-refractivity contribution in [1.29, 1.82) is 0 Å². The van der Waals surface area contributed by atoms with Crippen LogP contribution in [0.1, 0.15) is 5.56 Å². The molecule has 0 saturated carbocycles. The van der Waals surface area contributed by atoms with Gasteiger partial charge in [-0.2, -0.15) is 4.98 Å². The molecular weight excluding hydrogens is 280 g/mol. The van der Waals surface area contributed by atoms with Crippen LogP contribution in [-0.2, 0) is 0 Å². The third-order valence-corrected chi connectivity index (χ3v) is 3.11. The van der Waals surface area contributed by atoms with Crippen molar-refractivity contribution in [3.63, 3.8) is 0 Å². The van der Waals surface area contributed by atoms with Crippen LogP contribution in [0.25, 0.3) is 16.9 Å². The molecule has 0 spiro atoms. The van der Waals surface area contributed by atoms with Crippen molar-refractivity contribution < 1.29 is 13.5 Å². The Morgan fingerprint density at radius 3 is 2.71 bits per heavy atom. The quantitative estimate of drug-likeness (QED) is 0.781. The molecule has 2 aromatic heterocycles. The highest BCUT2D eigenvalue weighted by Gasteiger charge is 2.21. The van der Waals surface area contributed by atoms with E-state index in [0.29, 0.717) is 0 Å². The Balaban J connectivity index is 2.42. The summed E-state index contributed by atoms with van der Waals surface area (Å²) in [6, 6.07) is 2.51. The van der Waals surface area contributed by atoms with E-state index in [1.165, 1.54) is 26.4 Å². The fourth-order valence-corrected chi connectivity index (χ4v) is 2.11. The van der Waals surface area contributed by atoms with Crippen molar-refractivity contribution in [3.8, 4) is 11.6 Å². The monoisotopic (exact) mass is 291 g/mol. The molecule has 3 rings (SSSR count). The maximum Gasteiger partial charge on any atom is 0.245 e.